The van der Waals surface area contributed by atoms with Crippen molar-refractivity contribution in [2.45, 2.75) is 32.4 Å². The van der Waals surface area contributed by atoms with Gasteiger partial charge in [0, 0.05) is 20.3 Å². The molecule has 0 saturated heterocycles. The fourth-order valence-electron chi connectivity index (χ4n) is 1.13. The zero-order valence-electron chi connectivity index (χ0n) is 9.96. The highest BCUT2D eigenvalue weighted by Gasteiger charge is 2.13. The van der Waals surface area contributed by atoms with Crippen LogP contribution in [0.15, 0.2) is 4.60 Å². The fraction of sp³-hybridized carbons (Fsp3) is 0.667. The number of rotatable bonds is 5. The summed E-state index contributed by atoms with van der Waals surface area (Å²) in [6.45, 7) is 8.09. The van der Waals surface area contributed by atoms with Gasteiger partial charge in [0.1, 0.15) is 14.6 Å². The van der Waals surface area contributed by atoms with Crippen LogP contribution in [0.3, 0.4) is 0 Å². The first kappa shape index (κ1) is 14.1. The quantitative estimate of drug-likeness (QED) is 0.586. The van der Waals surface area contributed by atoms with Crippen molar-refractivity contribution in [3.63, 3.8) is 0 Å². The molecule has 16 heavy (non-hydrogen) atoms. The standard InChI is InChI=1S/C9H15B2BrN2OSi/c1-16(2,3)5-4-15-6-14-8(12)7(10)13-9(14)11/h4-6H2,1-3H3. The average molecular weight is 297 g/mol. The summed E-state index contributed by atoms with van der Waals surface area (Å²) in [4.78, 5) is 3.94. The Morgan fingerprint density at radius 2 is 2.00 bits per heavy atom. The Balaban J connectivity index is 2.43. The Hall–Kier alpha value is -0.00325. The molecule has 4 radical (unpaired) electrons. The lowest BCUT2D eigenvalue weighted by molar-refractivity contribution is 0.0879. The van der Waals surface area contributed by atoms with E-state index in [1.54, 1.807) is 4.57 Å². The maximum Gasteiger partial charge on any atom is 0.167 e. The summed E-state index contributed by atoms with van der Waals surface area (Å²) >= 11 is 3.32. The molecular weight excluding hydrogens is 282 g/mol. The topological polar surface area (TPSA) is 27.1 Å². The van der Waals surface area contributed by atoms with Crippen LogP contribution in [0.5, 0.6) is 0 Å². The number of nitrogens with zero attached hydrogens (tertiary/aromatic N) is 2. The lowest BCUT2D eigenvalue weighted by atomic mass is 10.1. The smallest absolute Gasteiger partial charge is 0.167 e. The van der Waals surface area contributed by atoms with Gasteiger partial charge in [-0.1, -0.05) is 19.6 Å². The highest BCUT2D eigenvalue weighted by molar-refractivity contribution is 9.10. The van der Waals surface area contributed by atoms with Gasteiger partial charge in [0.15, 0.2) is 7.85 Å². The molecule has 0 bridgehead atoms. The summed E-state index contributed by atoms with van der Waals surface area (Å²) in [6, 6.07) is 1.13. The van der Waals surface area contributed by atoms with Crippen LogP contribution < -0.4 is 11.3 Å². The molecule has 0 N–H and O–H groups in total. The van der Waals surface area contributed by atoms with E-state index in [-0.39, 0.29) is 0 Å². The first-order chi connectivity index (χ1) is 7.31. The van der Waals surface area contributed by atoms with Crippen LogP contribution in [0.4, 0.5) is 0 Å². The van der Waals surface area contributed by atoms with Crippen LogP contribution in [0.2, 0.25) is 25.7 Å². The molecule has 0 saturated carbocycles. The molecular formula is C9H15B2BrN2OSi. The van der Waals surface area contributed by atoms with Gasteiger partial charge in [-0.2, -0.15) is 0 Å². The van der Waals surface area contributed by atoms with E-state index >= 15 is 0 Å². The molecule has 84 valence electrons. The monoisotopic (exact) mass is 296 g/mol. The van der Waals surface area contributed by atoms with Gasteiger partial charge in [-0.25, -0.2) is 0 Å². The molecule has 0 atom stereocenters. The second-order valence-electron chi connectivity index (χ2n) is 4.92. The van der Waals surface area contributed by atoms with E-state index in [0.29, 0.717) is 22.7 Å². The maximum atomic E-state index is 5.68. The molecule has 0 aliphatic rings. The number of aromatic nitrogens is 2. The lowest BCUT2D eigenvalue weighted by Gasteiger charge is -2.16. The van der Waals surface area contributed by atoms with E-state index in [1.165, 1.54) is 0 Å². The first-order valence-corrected chi connectivity index (χ1v) is 9.66. The molecule has 1 aromatic heterocycles. The summed E-state index contributed by atoms with van der Waals surface area (Å²) in [6.07, 6.45) is 0. The molecule has 3 nitrogen and oxygen atoms in total. The number of hydrogen-bond donors (Lipinski definition) is 0. The van der Waals surface area contributed by atoms with Gasteiger partial charge in [-0.05, 0) is 22.0 Å². The second kappa shape index (κ2) is 5.56. The van der Waals surface area contributed by atoms with Crippen molar-refractivity contribution < 1.29 is 4.74 Å². The van der Waals surface area contributed by atoms with Crippen LogP contribution in [0.1, 0.15) is 0 Å². The van der Waals surface area contributed by atoms with Crippen molar-refractivity contribution in [3.8, 4) is 0 Å². The van der Waals surface area contributed by atoms with Crippen LogP contribution in [0.25, 0.3) is 0 Å². The molecule has 7 heteroatoms. The van der Waals surface area contributed by atoms with Crippen molar-refractivity contribution in [1.82, 2.24) is 9.55 Å². The van der Waals surface area contributed by atoms with Gasteiger partial charge < -0.3 is 9.30 Å². The van der Waals surface area contributed by atoms with Crippen LogP contribution >= 0.6 is 15.9 Å². The molecule has 0 unspecified atom stereocenters. The van der Waals surface area contributed by atoms with E-state index in [1.807, 2.05) is 0 Å². The highest BCUT2D eigenvalue weighted by atomic mass is 79.9. The largest absolute Gasteiger partial charge is 0.361 e. The van der Waals surface area contributed by atoms with E-state index in [9.17, 15) is 0 Å². The normalized spacial score (nSPS) is 12.0. The van der Waals surface area contributed by atoms with E-state index < -0.39 is 8.07 Å². The number of hydrogen-bond acceptors (Lipinski definition) is 2. The van der Waals surface area contributed by atoms with E-state index in [2.05, 4.69) is 40.6 Å². The third kappa shape index (κ3) is 4.11. The summed E-state index contributed by atoms with van der Waals surface area (Å²) in [5.74, 6) is 0. The minimum absolute atomic E-state index is 0.373. The van der Waals surface area contributed by atoms with Gasteiger partial charge in [0.25, 0.3) is 0 Å². The van der Waals surface area contributed by atoms with E-state index in [4.69, 9.17) is 20.4 Å². The molecule has 0 amide bonds. The molecule has 0 spiro atoms. The summed E-state index contributed by atoms with van der Waals surface area (Å²) in [5.41, 5.74) is 0.767. The van der Waals surface area contributed by atoms with Gasteiger partial charge in [0.2, 0.25) is 0 Å². The SMILES string of the molecule is [B]c1nc([B])n(COCC[Si](C)(C)C)c1Br. The van der Waals surface area contributed by atoms with Crippen molar-refractivity contribution in [1.29, 1.82) is 0 Å². The molecule has 1 heterocycles. The fourth-order valence-corrected chi connectivity index (χ4v) is 2.26. The first-order valence-electron chi connectivity index (χ1n) is 5.16. The Morgan fingerprint density at radius 1 is 1.38 bits per heavy atom. The Morgan fingerprint density at radius 3 is 2.44 bits per heavy atom. The Bertz CT molecular complexity index is 365. The zero-order chi connectivity index (χ0) is 12.3. The predicted octanol–water partition coefficient (Wildman–Crippen LogP) is 0.545. The Labute approximate surface area is 109 Å². The summed E-state index contributed by atoms with van der Waals surface area (Å²) in [7, 11) is 10.3. The predicted molar refractivity (Wildman–Crippen MR) is 74.8 cm³/mol. The molecule has 1 aromatic rings. The molecule has 0 aromatic carbocycles. The average Bonchev–Trinajstić information content (AvgIpc) is 2.36. The van der Waals surface area contributed by atoms with Crippen LogP contribution in [0, 0.1) is 0 Å². The molecule has 0 aliphatic carbocycles. The third-order valence-corrected chi connectivity index (χ3v) is 4.72. The van der Waals surface area contributed by atoms with Crippen LogP contribution in [-0.4, -0.2) is 39.9 Å². The summed E-state index contributed by atoms with van der Waals surface area (Å²) < 4.78 is 7.95. The lowest BCUT2D eigenvalue weighted by Crippen LogP contribution is -2.24. The van der Waals surface area contributed by atoms with Crippen LogP contribution in [-0.2, 0) is 11.5 Å². The maximum absolute atomic E-state index is 5.68. The molecule has 0 fully saturated rings. The van der Waals surface area contributed by atoms with Gasteiger partial charge >= 0.3 is 0 Å². The van der Waals surface area contributed by atoms with Gasteiger partial charge in [0.05, 0.1) is 10.3 Å². The zero-order valence-corrected chi connectivity index (χ0v) is 12.5. The van der Waals surface area contributed by atoms with E-state index in [0.717, 1.165) is 12.7 Å². The summed E-state index contributed by atoms with van der Waals surface area (Å²) in [5, 5.41) is 0. The van der Waals surface area contributed by atoms with Gasteiger partial charge in [-0.15, -0.1) is 0 Å². The van der Waals surface area contributed by atoms with Gasteiger partial charge in [-0.3, -0.25) is 4.98 Å². The van der Waals surface area contributed by atoms with Crippen molar-refractivity contribution in [2.24, 2.45) is 0 Å². The number of halogens is 1. The number of imidazole rings is 1. The molecule has 0 aliphatic heterocycles. The second-order valence-corrected chi connectivity index (χ2v) is 11.3. The van der Waals surface area contributed by atoms with Crippen molar-refractivity contribution in [3.05, 3.63) is 4.60 Å². The number of ether oxygens (including phenoxy) is 1. The molecule has 1 rings (SSSR count). The minimum atomic E-state index is -1.03. The Kier molecular flexibility index (Phi) is 4.88. The minimum Gasteiger partial charge on any atom is -0.361 e. The highest BCUT2D eigenvalue weighted by Crippen LogP contribution is 2.08. The third-order valence-electron chi connectivity index (χ3n) is 2.18. The van der Waals surface area contributed by atoms with Crippen molar-refractivity contribution in [2.75, 3.05) is 6.61 Å². The van der Waals surface area contributed by atoms with Crippen molar-refractivity contribution >= 4 is 51.0 Å².